The van der Waals surface area contributed by atoms with Crippen LogP contribution in [0.15, 0.2) is 90.0 Å². The van der Waals surface area contributed by atoms with Gasteiger partial charge in [0.15, 0.2) is 5.65 Å². The normalized spacial score (nSPS) is 19.9. The summed E-state index contributed by atoms with van der Waals surface area (Å²) in [6, 6.07) is 23.8. The zero-order chi connectivity index (χ0) is 22.2. The first kappa shape index (κ1) is 20.9. The number of benzene rings is 2. The highest BCUT2D eigenvalue weighted by Crippen LogP contribution is 2.37. The van der Waals surface area contributed by atoms with Gasteiger partial charge in [0.2, 0.25) is 0 Å². The molecule has 3 heterocycles. The maximum atomic E-state index is 13.7. The molecule has 164 valence electrons. The van der Waals surface area contributed by atoms with E-state index in [1.54, 1.807) is 48.7 Å². The summed E-state index contributed by atoms with van der Waals surface area (Å²) in [5, 5.41) is 12.5. The van der Waals surface area contributed by atoms with Gasteiger partial charge in [-0.2, -0.15) is 0 Å². The monoisotopic (exact) mass is 447 g/mol. The van der Waals surface area contributed by atoms with Crippen LogP contribution in [0.2, 0.25) is 0 Å². The minimum absolute atomic E-state index is 0.171. The Kier molecular flexibility index (Phi) is 5.33. The third kappa shape index (κ3) is 3.72. The standard InChI is InChI=1S/C25H25N3O3S/c29-25(14-8-16-27(19-25)18-20-9-3-1-4-10-20)23-17-21-11-7-15-26-24(21)28(23)32(30,31)22-12-5-2-6-13-22/h1-7,9-13,15,17,29H,8,14,16,18-19H2/t25-/m1/s1. The van der Waals surface area contributed by atoms with E-state index in [2.05, 4.69) is 22.0 Å². The van der Waals surface area contributed by atoms with Gasteiger partial charge in [0.1, 0.15) is 5.60 Å². The van der Waals surface area contributed by atoms with Crippen LogP contribution in [0.5, 0.6) is 0 Å². The van der Waals surface area contributed by atoms with Crippen LogP contribution in [0.25, 0.3) is 11.0 Å². The number of likely N-dealkylation sites (tertiary alicyclic amines) is 1. The second-order valence-electron chi connectivity index (χ2n) is 8.36. The van der Waals surface area contributed by atoms with Crippen LogP contribution in [0.4, 0.5) is 0 Å². The molecule has 2 aromatic carbocycles. The van der Waals surface area contributed by atoms with Crippen LogP contribution in [-0.2, 0) is 22.2 Å². The van der Waals surface area contributed by atoms with Crippen molar-refractivity contribution in [3.8, 4) is 0 Å². The molecule has 0 unspecified atom stereocenters. The topological polar surface area (TPSA) is 75.4 Å². The van der Waals surface area contributed by atoms with Gasteiger partial charge < -0.3 is 5.11 Å². The second kappa shape index (κ2) is 8.16. The van der Waals surface area contributed by atoms with E-state index >= 15 is 0 Å². The van der Waals surface area contributed by atoms with Gasteiger partial charge in [-0.1, -0.05) is 48.5 Å². The Morgan fingerprint density at radius 1 is 0.969 bits per heavy atom. The lowest BCUT2D eigenvalue weighted by atomic mass is 9.89. The fraction of sp³-hybridized carbons (Fsp3) is 0.240. The largest absolute Gasteiger partial charge is 0.382 e. The molecule has 1 N–H and O–H groups in total. The molecule has 0 saturated carbocycles. The number of piperidine rings is 1. The molecule has 1 atom stereocenters. The van der Waals surface area contributed by atoms with Crippen LogP contribution >= 0.6 is 0 Å². The second-order valence-corrected chi connectivity index (χ2v) is 10.1. The van der Waals surface area contributed by atoms with Crippen molar-refractivity contribution >= 4 is 21.1 Å². The minimum Gasteiger partial charge on any atom is -0.382 e. The Bertz CT molecular complexity index is 1340. The van der Waals surface area contributed by atoms with Gasteiger partial charge in [0.05, 0.1) is 10.6 Å². The van der Waals surface area contributed by atoms with E-state index in [-0.39, 0.29) is 4.90 Å². The Morgan fingerprint density at radius 2 is 1.69 bits per heavy atom. The summed E-state index contributed by atoms with van der Waals surface area (Å²) >= 11 is 0. The number of aliphatic hydroxyl groups is 1. The molecule has 0 aliphatic carbocycles. The van der Waals surface area contributed by atoms with Gasteiger partial charge in [-0.3, -0.25) is 4.90 Å². The summed E-state index contributed by atoms with van der Waals surface area (Å²) in [5.41, 5.74) is 0.555. The quantitative estimate of drug-likeness (QED) is 0.504. The average Bonchev–Trinajstić information content (AvgIpc) is 3.22. The van der Waals surface area contributed by atoms with Gasteiger partial charge in [0, 0.05) is 24.7 Å². The number of β-amino-alcohol motifs (C(OH)–C–C–N with tert-alkyl or cyclic N) is 1. The molecule has 0 radical (unpaired) electrons. The Balaban J connectivity index is 1.60. The fourth-order valence-electron chi connectivity index (χ4n) is 4.59. The highest BCUT2D eigenvalue weighted by atomic mass is 32.2. The predicted molar refractivity (Wildman–Crippen MR) is 124 cm³/mol. The van der Waals surface area contributed by atoms with Crippen molar-refractivity contribution in [2.75, 3.05) is 13.1 Å². The van der Waals surface area contributed by atoms with E-state index in [1.807, 2.05) is 24.3 Å². The van der Waals surface area contributed by atoms with E-state index in [1.165, 1.54) is 3.97 Å². The Hall–Kier alpha value is -3.00. The van der Waals surface area contributed by atoms with Crippen LogP contribution < -0.4 is 0 Å². The van der Waals surface area contributed by atoms with E-state index in [4.69, 9.17) is 0 Å². The van der Waals surface area contributed by atoms with E-state index < -0.39 is 15.6 Å². The smallest absolute Gasteiger partial charge is 0.269 e. The molecule has 2 aromatic heterocycles. The molecule has 1 saturated heterocycles. The molecular weight excluding hydrogens is 422 g/mol. The first-order valence-electron chi connectivity index (χ1n) is 10.7. The van der Waals surface area contributed by atoms with Crippen LogP contribution in [-0.4, -0.2) is 40.5 Å². The highest BCUT2D eigenvalue weighted by Gasteiger charge is 2.40. The Labute approximate surface area is 187 Å². The number of nitrogens with zero attached hydrogens (tertiary/aromatic N) is 3. The van der Waals surface area contributed by atoms with Crippen LogP contribution in [0.1, 0.15) is 24.1 Å². The molecule has 4 aromatic rings. The molecule has 1 aliphatic rings. The SMILES string of the molecule is O=S(=O)(c1ccccc1)n1c([C@@]2(O)CCCN(Cc3ccccc3)C2)cc2cccnc21. The molecule has 0 spiro atoms. The number of pyridine rings is 1. The zero-order valence-corrected chi connectivity index (χ0v) is 18.4. The maximum absolute atomic E-state index is 13.7. The molecule has 1 fully saturated rings. The number of hydrogen-bond acceptors (Lipinski definition) is 5. The van der Waals surface area contributed by atoms with Crippen molar-refractivity contribution in [1.82, 2.24) is 13.9 Å². The van der Waals surface area contributed by atoms with Gasteiger partial charge in [-0.15, -0.1) is 0 Å². The van der Waals surface area contributed by atoms with E-state index in [9.17, 15) is 13.5 Å². The zero-order valence-electron chi connectivity index (χ0n) is 17.6. The van der Waals surface area contributed by atoms with E-state index in [0.29, 0.717) is 36.2 Å². The van der Waals surface area contributed by atoms with Crippen molar-refractivity contribution in [1.29, 1.82) is 0 Å². The summed E-state index contributed by atoms with van der Waals surface area (Å²) in [5.74, 6) is 0. The first-order chi connectivity index (χ1) is 15.5. The maximum Gasteiger partial charge on any atom is 0.269 e. The number of rotatable bonds is 5. The third-order valence-electron chi connectivity index (χ3n) is 6.08. The third-order valence-corrected chi connectivity index (χ3v) is 7.80. The predicted octanol–water partition coefficient (Wildman–Crippen LogP) is 3.76. The molecule has 32 heavy (non-hydrogen) atoms. The fourth-order valence-corrected chi connectivity index (χ4v) is 6.16. The molecular formula is C25H25N3O3S. The highest BCUT2D eigenvalue weighted by molar-refractivity contribution is 7.90. The Morgan fingerprint density at radius 3 is 2.44 bits per heavy atom. The van der Waals surface area contributed by atoms with Crippen molar-refractivity contribution in [3.05, 3.63) is 96.3 Å². The van der Waals surface area contributed by atoms with Crippen molar-refractivity contribution in [2.45, 2.75) is 29.9 Å². The van der Waals surface area contributed by atoms with Crippen molar-refractivity contribution in [2.24, 2.45) is 0 Å². The number of aromatic nitrogens is 2. The summed E-state index contributed by atoms with van der Waals surface area (Å²) in [7, 11) is -3.94. The van der Waals surface area contributed by atoms with Gasteiger partial charge in [0.25, 0.3) is 10.0 Å². The summed E-state index contributed by atoms with van der Waals surface area (Å²) < 4.78 is 28.6. The van der Waals surface area contributed by atoms with E-state index in [0.717, 1.165) is 18.5 Å². The lowest BCUT2D eigenvalue weighted by molar-refractivity contribution is -0.0416. The van der Waals surface area contributed by atoms with Gasteiger partial charge in [-0.25, -0.2) is 17.4 Å². The molecule has 1 aliphatic heterocycles. The molecule has 0 bridgehead atoms. The van der Waals surface area contributed by atoms with Crippen LogP contribution in [0, 0.1) is 0 Å². The number of fused-ring (bicyclic) bond motifs is 1. The lowest BCUT2D eigenvalue weighted by Crippen LogP contribution is -2.47. The molecule has 7 heteroatoms. The van der Waals surface area contributed by atoms with Gasteiger partial charge >= 0.3 is 0 Å². The van der Waals surface area contributed by atoms with Crippen molar-refractivity contribution < 1.29 is 13.5 Å². The summed E-state index contributed by atoms with van der Waals surface area (Å²) in [6.07, 6.45) is 2.83. The average molecular weight is 448 g/mol. The van der Waals surface area contributed by atoms with Gasteiger partial charge in [-0.05, 0) is 55.3 Å². The molecule has 0 amide bonds. The summed E-state index contributed by atoms with van der Waals surface area (Å²) in [4.78, 5) is 6.72. The summed E-state index contributed by atoms with van der Waals surface area (Å²) in [6.45, 7) is 1.90. The lowest BCUT2D eigenvalue weighted by Gasteiger charge is -2.39. The molecule has 5 rings (SSSR count). The van der Waals surface area contributed by atoms with Crippen LogP contribution in [0.3, 0.4) is 0 Å². The van der Waals surface area contributed by atoms with Crippen molar-refractivity contribution in [3.63, 3.8) is 0 Å². The first-order valence-corrected chi connectivity index (χ1v) is 12.2. The molecule has 6 nitrogen and oxygen atoms in total. The number of hydrogen-bond donors (Lipinski definition) is 1. The minimum atomic E-state index is -3.94.